The second kappa shape index (κ2) is 9.65. The number of carboxylic acid groups (broad SMARTS) is 1. The molecule has 11 nitrogen and oxygen atoms in total. The summed E-state index contributed by atoms with van der Waals surface area (Å²) in [6.07, 6.45) is 7.15. The van der Waals surface area contributed by atoms with Gasteiger partial charge in [-0.05, 0) is 11.6 Å². The Morgan fingerprint density at radius 1 is 1.38 bits per heavy atom. The molecular weight excluding hydrogens is 480 g/mol. The second-order valence-electron chi connectivity index (χ2n) is 7.36. The van der Waals surface area contributed by atoms with Crippen molar-refractivity contribution in [2.24, 2.45) is 12.2 Å². The fourth-order valence-electron chi connectivity index (χ4n) is 3.54. The predicted molar refractivity (Wildman–Crippen MR) is 124 cm³/mol. The van der Waals surface area contributed by atoms with Crippen molar-refractivity contribution >= 4 is 57.8 Å². The Kier molecular flexibility index (Phi) is 6.65. The number of aromatic nitrogens is 2. The van der Waals surface area contributed by atoms with Gasteiger partial charge in [-0.1, -0.05) is 11.2 Å². The van der Waals surface area contributed by atoms with Crippen molar-refractivity contribution in [3.05, 3.63) is 57.8 Å². The normalized spacial score (nSPS) is 20.2. The Morgan fingerprint density at radius 3 is 2.74 bits per heavy atom. The van der Waals surface area contributed by atoms with Crippen LogP contribution in [0.1, 0.15) is 11.3 Å². The van der Waals surface area contributed by atoms with Crippen molar-refractivity contribution in [1.29, 1.82) is 0 Å². The molecule has 2 aliphatic heterocycles. The Hall–Kier alpha value is -3.71. The minimum atomic E-state index is -1.46. The maximum absolute atomic E-state index is 12.9. The minimum Gasteiger partial charge on any atom is -0.543 e. The molecule has 1 saturated heterocycles. The van der Waals surface area contributed by atoms with Crippen LogP contribution in [0.2, 0.25) is 0 Å². The molecule has 1 fully saturated rings. The summed E-state index contributed by atoms with van der Waals surface area (Å²) in [6, 6.07) is 2.28. The van der Waals surface area contributed by atoms with Gasteiger partial charge in [-0.15, -0.1) is 23.1 Å². The van der Waals surface area contributed by atoms with Gasteiger partial charge in [0, 0.05) is 28.2 Å². The number of hydrogen-bond acceptors (Lipinski definition) is 10. The molecule has 13 heteroatoms. The summed E-state index contributed by atoms with van der Waals surface area (Å²) in [4.78, 5) is 47.9. The number of thiazole rings is 1. The van der Waals surface area contributed by atoms with Crippen molar-refractivity contribution in [1.82, 2.24) is 15.2 Å². The average Bonchev–Trinajstić information content (AvgIpc) is 3.25. The average molecular weight is 501 g/mol. The zero-order chi connectivity index (χ0) is 24.4. The number of fused-ring (bicyclic) bond motifs is 1. The quantitative estimate of drug-likeness (QED) is 0.213. The first-order valence-corrected chi connectivity index (χ1v) is 11.8. The number of hydrogen-bond donors (Lipinski definition) is 2. The van der Waals surface area contributed by atoms with E-state index in [1.54, 1.807) is 17.5 Å². The lowest BCUT2D eigenvalue weighted by Gasteiger charge is -2.50. The van der Waals surface area contributed by atoms with Crippen LogP contribution in [0.15, 0.2) is 51.7 Å². The molecule has 0 saturated carbocycles. The molecule has 4 heterocycles. The van der Waals surface area contributed by atoms with E-state index in [0.717, 1.165) is 21.8 Å². The number of aliphatic carboxylic acids is 1. The number of carbonyl (C=O) groups is 3. The number of aryl methyl sites for hydroxylation is 1. The van der Waals surface area contributed by atoms with Gasteiger partial charge >= 0.3 is 0 Å². The number of nitrogens with one attached hydrogen (secondary N) is 1. The fraction of sp³-hybridized carbons (Fsp3) is 0.238. The molecule has 2 aromatic rings. The molecule has 0 aliphatic carbocycles. The summed E-state index contributed by atoms with van der Waals surface area (Å²) in [5.74, 6) is -2.31. The SMILES string of the molecule is CO/N=C(/C(=O)N[C@@H]1C(=O)N2C(C(=O)[O-])=C(/C=C/c3cc[n+](C)cc3)SC[C@H]12)c1csc(N)n1. The van der Waals surface area contributed by atoms with E-state index in [4.69, 9.17) is 10.6 Å². The summed E-state index contributed by atoms with van der Waals surface area (Å²) in [5.41, 5.74) is 6.36. The Bertz CT molecular complexity index is 1240. The molecule has 0 spiro atoms. The van der Waals surface area contributed by atoms with Crippen molar-refractivity contribution in [2.45, 2.75) is 12.1 Å². The molecule has 0 bridgehead atoms. The van der Waals surface area contributed by atoms with Gasteiger partial charge in [0.05, 0.1) is 17.7 Å². The van der Waals surface area contributed by atoms with E-state index < -0.39 is 29.9 Å². The van der Waals surface area contributed by atoms with Crippen LogP contribution in [0.4, 0.5) is 5.13 Å². The summed E-state index contributed by atoms with van der Waals surface area (Å²) in [7, 11) is 3.17. The van der Waals surface area contributed by atoms with E-state index in [1.807, 2.05) is 36.1 Å². The van der Waals surface area contributed by atoms with Gasteiger partial charge in [-0.2, -0.15) is 0 Å². The van der Waals surface area contributed by atoms with E-state index in [0.29, 0.717) is 10.7 Å². The molecule has 2 amide bonds. The number of allylic oxidation sites excluding steroid dienone is 1. The largest absolute Gasteiger partial charge is 0.543 e. The van der Waals surface area contributed by atoms with E-state index in [1.165, 1.54) is 18.9 Å². The maximum Gasteiger partial charge on any atom is 0.276 e. The lowest BCUT2D eigenvalue weighted by molar-refractivity contribution is -0.671. The molecule has 2 aromatic heterocycles. The number of rotatable bonds is 7. The number of carbonyl (C=O) groups excluding carboxylic acids is 3. The van der Waals surface area contributed by atoms with Gasteiger partial charge in [0.2, 0.25) is 0 Å². The molecule has 0 unspecified atom stereocenters. The van der Waals surface area contributed by atoms with E-state index >= 15 is 0 Å². The number of amides is 2. The summed E-state index contributed by atoms with van der Waals surface area (Å²) in [6.45, 7) is 0. The fourth-order valence-corrected chi connectivity index (χ4v) is 5.26. The van der Waals surface area contributed by atoms with Crippen LogP contribution >= 0.6 is 23.1 Å². The standard InChI is InChI=1S/C21H20N6O5S2/c1-26-7-5-11(6-8-26)3-4-14-17(20(30)31)27-13(10-33-14)16(19(27)29)24-18(28)15(25-32-2)12-9-34-21(22)23-12/h3-9,13,16H,10H2,1-2H3,(H3-,22,23,24,28,30,31)/b25-15+/t13-,16+/m1/s1. The van der Waals surface area contributed by atoms with Crippen LogP contribution in [0.5, 0.6) is 0 Å². The molecule has 2 atom stereocenters. The highest BCUT2D eigenvalue weighted by Gasteiger charge is 2.52. The maximum atomic E-state index is 12.9. The molecule has 2 aliphatic rings. The number of β-lactam (4-membered cyclic amide) rings is 1. The number of carboxylic acids is 1. The van der Waals surface area contributed by atoms with E-state index in [2.05, 4.69) is 15.5 Å². The van der Waals surface area contributed by atoms with Gasteiger partial charge < -0.3 is 30.7 Å². The minimum absolute atomic E-state index is 0.138. The van der Waals surface area contributed by atoms with Crippen LogP contribution in [0.3, 0.4) is 0 Å². The summed E-state index contributed by atoms with van der Waals surface area (Å²) < 4.78 is 1.88. The highest BCUT2D eigenvalue weighted by molar-refractivity contribution is 8.03. The third-order valence-corrected chi connectivity index (χ3v) is 7.00. The summed E-state index contributed by atoms with van der Waals surface area (Å²) in [5, 5.41) is 20.0. The number of oxime groups is 1. The molecule has 34 heavy (non-hydrogen) atoms. The van der Waals surface area contributed by atoms with Crippen molar-refractivity contribution < 1.29 is 28.9 Å². The Balaban J connectivity index is 1.53. The number of nitrogen functional groups attached to an aromatic ring is 1. The molecule has 4 rings (SSSR count). The van der Waals surface area contributed by atoms with Crippen LogP contribution in [-0.4, -0.2) is 58.3 Å². The second-order valence-corrected chi connectivity index (χ2v) is 9.31. The number of thioether (sulfide) groups is 1. The first-order chi connectivity index (χ1) is 16.3. The predicted octanol–water partition coefficient (Wildman–Crippen LogP) is -0.982. The van der Waals surface area contributed by atoms with Gasteiger partial charge in [-0.25, -0.2) is 9.55 Å². The molecule has 176 valence electrons. The highest BCUT2D eigenvalue weighted by atomic mass is 32.2. The van der Waals surface area contributed by atoms with Crippen LogP contribution in [0.25, 0.3) is 6.08 Å². The molecule has 3 N–H and O–H groups in total. The number of anilines is 1. The third kappa shape index (κ3) is 4.52. The lowest BCUT2D eigenvalue weighted by Crippen LogP contribution is -2.73. The Morgan fingerprint density at radius 2 is 2.12 bits per heavy atom. The summed E-state index contributed by atoms with van der Waals surface area (Å²) >= 11 is 2.40. The van der Waals surface area contributed by atoms with Crippen LogP contribution in [-0.2, 0) is 26.3 Å². The van der Waals surface area contributed by atoms with Crippen molar-refractivity contribution in [3.8, 4) is 0 Å². The number of nitrogens with two attached hydrogens (primary N) is 1. The van der Waals surface area contributed by atoms with E-state index in [-0.39, 0.29) is 22.2 Å². The smallest absolute Gasteiger partial charge is 0.276 e. The van der Waals surface area contributed by atoms with Crippen molar-refractivity contribution in [2.75, 3.05) is 18.6 Å². The zero-order valence-corrected chi connectivity index (χ0v) is 19.8. The first kappa shape index (κ1) is 23.4. The number of pyridine rings is 1. The van der Waals surface area contributed by atoms with Gasteiger partial charge in [-0.3, -0.25) is 9.59 Å². The van der Waals surface area contributed by atoms with Crippen LogP contribution in [0, 0.1) is 0 Å². The number of nitrogens with zero attached hydrogens (tertiary/aromatic N) is 4. The molecular formula is C21H20N6O5S2. The first-order valence-electron chi connectivity index (χ1n) is 9.98. The molecule has 0 radical (unpaired) electrons. The Labute approximate surface area is 202 Å². The topological polar surface area (TPSA) is 154 Å². The monoisotopic (exact) mass is 500 g/mol. The van der Waals surface area contributed by atoms with Gasteiger partial charge in [0.1, 0.15) is 25.9 Å². The lowest BCUT2D eigenvalue weighted by atomic mass is 9.94. The third-order valence-electron chi connectivity index (χ3n) is 5.18. The zero-order valence-electron chi connectivity index (χ0n) is 18.1. The van der Waals surface area contributed by atoms with Gasteiger partial charge in [0.25, 0.3) is 11.8 Å². The highest BCUT2D eigenvalue weighted by Crippen LogP contribution is 2.39. The van der Waals surface area contributed by atoms with Gasteiger partial charge in [0.15, 0.2) is 23.2 Å². The van der Waals surface area contributed by atoms with Crippen LogP contribution < -0.4 is 20.7 Å². The molecule has 0 aromatic carbocycles. The van der Waals surface area contributed by atoms with Crippen molar-refractivity contribution in [3.63, 3.8) is 0 Å². The van der Waals surface area contributed by atoms with E-state index in [9.17, 15) is 19.5 Å².